The number of nitrogens with one attached hydrogen (secondary N) is 2. The lowest BCUT2D eigenvalue weighted by molar-refractivity contribution is -0.153. The molecule has 2 N–H and O–H groups in total. The third kappa shape index (κ3) is 5.30. The van der Waals surface area contributed by atoms with Crippen LogP contribution in [0.1, 0.15) is 25.3 Å². The number of hydrogen-bond acceptors (Lipinski definition) is 3. The summed E-state index contributed by atoms with van der Waals surface area (Å²) in [5.74, 6) is 0.0808. The average Bonchev–Trinajstić information content (AvgIpc) is 3.01. The smallest absolute Gasteiger partial charge is 0.422 e. The van der Waals surface area contributed by atoms with Gasteiger partial charge >= 0.3 is 12.2 Å². The van der Waals surface area contributed by atoms with E-state index < -0.39 is 18.8 Å². The Kier molecular flexibility index (Phi) is 5.93. The van der Waals surface area contributed by atoms with Crippen LogP contribution < -0.4 is 15.4 Å². The molecule has 0 bridgehead atoms. The van der Waals surface area contributed by atoms with Crippen molar-refractivity contribution in [2.75, 3.05) is 18.5 Å². The van der Waals surface area contributed by atoms with Crippen LogP contribution in [-0.2, 0) is 4.74 Å². The lowest BCUT2D eigenvalue weighted by Crippen LogP contribution is -2.43. The molecule has 0 aliphatic carbocycles. The van der Waals surface area contributed by atoms with Gasteiger partial charge in [0, 0.05) is 17.9 Å². The maximum atomic E-state index is 12.3. The fraction of sp³-hybridized carbons (Fsp3) is 0.562. The number of halogens is 3. The van der Waals surface area contributed by atoms with Crippen molar-refractivity contribution >= 4 is 11.7 Å². The summed E-state index contributed by atoms with van der Waals surface area (Å²) in [6.45, 7) is 2.76. The molecule has 1 aliphatic rings. The molecule has 0 saturated carbocycles. The van der Waals surface area contributed by atoms with Crippen molar-refractivity contribution < 1.29 is 27.4 Å². The first-order chi connectivity index (χ1) is 11.3. The van der Waals surface area contributed by atoms with Crippen LogP contribution in [-0.4, -0.2) is 37.6 Å². The number of carbonyl (C=O) groups is 1. The molecule has 24 heavy (non-hydrogen) atoms. The molecule has 0 radical (unpaired) electrons. The molecule has 1 heterocycles. The summed E-state index contributed by atoms with van der Waals surface area (Å²) >= 11 is 0. The van der Waals surface area contributed by atoms with E-state index >= 15 is 0 Å². The Hall–Kier alpha value is -1.96. The van der Waals surface area contributed by atoms with E-state index in [1.807, 2.05) is 6.92 Å². The van der Waals surface area contributed by atoms with E-state index in [4.69, 9.17) is 9.47 Å². The van der Waals surface area contributed by atoms with Crippen LogP contribution in [0.2, 0.25) is 0 Å². The number of benzene rings is 1. The largest absolute Gasteiger partial charge is 0.484 e. The van der Waals surface area contributed by atoms with Crippen LogP contribution in [0.4, 0.5) is 23.7 Å². The van der Waals surface area contributed by atoms with Gasteiger partial charge in [0.15, 0.2) is 6.61 Å². The summed E-state index contributed by atoms with van der Waals surface area (Å²) in [5.41, 5.74) is 0.827. The normalized spacial score (nSPS) is 19.0. The van der Waals surface area contributed by atoms with E-state index in [0.29, 0.717) is 17.9 Å². The first-order valence-corrected chi connectivity index (χ1v) is 7.74. The van der Waals surface area contributed by atoms with E-state index in [1.165, 1.54) is 12.1 Å². The first kappa shape index (κ1) is 18.4. The van der Waals surface area contributed by atoms with Crippen molar-refractivity contribution in [3.05, 3.63) is 23.8 Å². The molecule has 0 unspecified atom stereocenters. The molecule has 0 spiro atoms. The second-order valence-corrected chi connectivity index (χ2v) is 5.77. The van der Waals surface area contributed by atoms with Gasteiger partial charge < -0.3 is 20.1 Å². The summed E-state index contributed by atoms with van der Waals surface area (Å²) < 4.78 is 47.0. The van der Waals surface area contributed by atoms with Crippen LogP contribution in [0, 0.1) is 6.92 Å². The van der Waals surface area contributed by atoms with Gasteiger partial charge in [0.05, 0.1) is 12.1 Å². The number of hydrogen-bond donors (Lipinski definition) is 2. The van der Waals surface area contributed by atoms with Crippen LogP contribution in [0.25, 0.3) is 0 Å². The molecule has 2 atom stereocenters. The molecular formula is C16H21F3N2O3. The molecule has 8 heteroatoms. The highest BCUT2D eigenvalue weighted by Crippen LogP contribution is 2.27. The summed E-state index contributed by atoms with van der Waals surface area (Å²) in [5, 5.41) is 5.41. The highest BCUT2D eigenvalue weighted by Gasteiger charge is 2.29. The molecule has 134 valence electrons. The second kappa shape index (κ2) is 7.74. The molecule has 1 saturated heterocycles. The van der Waals surface area contributed by atoms with Crippen molar-refractivity contribution in [3.8, 4) is 5.75 Å². The minimum Gasteiger partial charge on any atom is -0.484 e. The predicted molar refractivity (Wildman–Crippen MR) is 83.3 cm³/mol. The predicted octanol–water partition coefficient (Wildman–Crippen LogP) is 3.63. The van der Waals surface area contributed by atoms with Crippen molar-refractivity contribution in [2.45, 2.75) is 45.0 Å². The van der Waals surface area contributed by atoms with E-state index in [9.17, 15) is 18.0 Å². The first-order valence-electron chi connectivity index (χ1n) is 7.74. The van der Waals surface area contributed by atoms with Gasteiger partial charge in [-0.3, -0.25) is 0 Å². The third-order valence-corrected chi connectivity index (χ3v) is 3.80. The SMILES string of the molecule is Cc1c(NC(=O)N[C@@H](C)[C@@H]2CCCO2)cccc1OCC(F)(F)F. The number of ether oxygens (including phenoxy) is 2. The second-order valence-electron chi connectivity index (χ2n) is 5.77. The Balaban J connectivity index is 1.95. The van der Waals surface area contributed by atoms with Crippen molar-refractivity contribution in [1.29, 1.82) is 0 Å². The Morgan fingerprint density at radius 3 is 2.83 bits per heavy atom. The average molecular weight is 346 g/mol. The van der Waals surface area contributed by atoms with E-state index in [2.05, 4.69) is 10.6 Å². The van der Waals surface area contributed by atoms with Crippen molar-refractivity contribution in [2.24, 2.45) is 0 Å². The van der Waals surface area contributed by atoms with Crippen LogP contribution in [0.3, 0.4) is 0 Å². The molecule has 1 fully saturated rings. The third-order valence-electron chi connectivity index (χ3n) is 3.80. The Bertz CT molecular complexity index is 572. The number of amides is 2. The Morgan fingerprint density at radius 1 is 1.46 bits per heavy atom. The number of alkyl halides is 3. The minimum atomic E-state index is -4.41. The Labute approximate surface area is 138 Å². The quantitative estimate of drug-likeness (QED) is 0.856. The minimum absolute atomic E-state index is 0.0155. The highest BCUT2D eigenvalue weighted by atomic mass is 19.4. The van der Waals surface area contributed by atoms with E-state index in [-0.39, 0.29) is 17.9 Å². The molecule has 0 aromatic heterocycles. The number of rotatable bonds is 5. The van der Waals surface area contributed by atoms with Crippen LogP contribution in [0.15, 0.2) is 18.2 Å². The number of urea groups is 1. The highest BCUT2D eigenvalue weighted by molar-refractivity contribution is 5.90. The zero-order valence-electron chi connectivity index (χ0n) is 13.6. The van der Waals surface area contributed by atoms with Crippen LogP contribution >= 0.6 is 0 Å². The van der Waals surface area contributed by atoms with Crippen molar-refractivity contribution in [1.82, 2.24) is 5.32 Å². The zero-order chi connectivity index (χ0) is 17.7. The van der Waals surface area contributed by atoms with Gasteiger partial charge in [0.25, 0.3) is 0 Å². The van der Waals surface area contributed by atoms with Crippen LogP contribution in [0.5, 0.6) is 5.75 Å². The van der Waals surface area contributed by atoms with Gasteiger partial charge in [-0.05, 0) is 38.8 Å². The van der Waals surface area contributed by atoms with Gasteiger partial charge in [-0.2, -0.15) is 13.2 Å². The lowest BCUT2D eigenvalue weighted by atomic mass is 10.1. The maximum Gasteiger partial charge on any atom is 0.422 e. The summed E-state index contributed by atoms with van der Waals surface area (Å²) in [4.78, 5) is 12.1. The molecule has 1 aromatic rings. The molecule has 1 aromatic carbocycles. The molecule has 2 amide bonds. The number of anilines is 1. The summed E-state index contributed by atoms with van der Waals surface area (Å²) in [6, 6.07) is 3.97. The maximum absolute atomic E-state index is 12.3. The van der Waals surface area contributed by atoms with Crippen molar-refractivity contribution in [3.63, 3.8) is 0 Å². The summed E-state index contributed by atoms with van der Waals surface area (Å²) in [6.07, 6.45) is -2.57. The number of carbonyl (C=O) groups excluding carboxylic acids is 1. The lowest BCUT2D eigenvalue weighted by Gasteiger charge is -2.21. The van der Waals surface area contributed by atoms with Gasteiger partial charge in [0.1, 0.15) is 5.75 Å². The molecule has 5 nitrogen and oxygen atoms in total. The Morgan fingerprint density at radius 2 is 2.21 bits per heavy atom. The topological polar surface area (TPSA) is 59.6 Å². The standard InChI is InChI=1S/C16H21F3N2O3/c1-10-12(5-3-6-13(10)24-9-16(17,18)19)21-15(22)20-11(2)14-7-4-8-23-14/h3,5-6,11,14H,4,7-9H2,1-2H3,(H2,20,21,22)/t11-,14-/m0/s1. The summed E-state index contributed by atoms with van der Waals surface area (Å²) in [7, 11) is 0. The van der Waals surface area contributed by atoms with Gasteiger partial charge in [-0.15, -0.1) is 0 Å². The molecular weight excluding hydrogens is 325 g/mol. The van der Waals surface area contributed by atoms with Gasteiger partial charge in [-0.1, -0.05) is 6.07 Å². The molecule has 1 aliphatic heterocycles. The molecule has 2 rings (SSSR count). The van der Waals surface area contributed by atoms with E-state index in [1.54, 1.807) is 13.0 Å². The van der Waals surface area contributed by atoms with Gasteiger partial charge in [0.2, 0.25) is 0 Å². The van der Waals surface area contributed by atoms with Gasteiger partial charge in [-0.25, -0.2) is 4.79 Å². The monoisotopic (exact) mass is 346 g/mol. The fourth-order valence-electron chi connectivity index (χ4n) is 2.52. The van der Waals surface area contributed by atoms with E-state index in [0.717, 1.165) is 12.8 Å². The zero-order valence-corrected chi connectivity index (χ0v) is 13.6. The fourth-order valence-corrected chi connectivity index (χ4v) is 2.52.